The van der Waals surface area contributed by atoms with Crippen LogP contribution in [0.1, 0.15) is 43.9 Å². The molecule has 8 nitrogen and oxygen atoms in total. The number of para-hydroxylation sites is 1. The summed E-state index contributed by atoms with van der Waals surface area (Å²) in [7, 11) is 2.95. The second-order valence-corrected chi connectivity index (χ2v) is 7.01. The molecule has 0 saturated carbocycles. The lowest BCUT2D eigenvalue weighted by Gasteiger charge is -2.37. The molecule has 2 heterocycles. The van der Waals surface area contributed by atoms with Gasteiger partial charge in [-0.25, -0.2) is 4.79 Å². The Hall–Kier alpha value is -3.68. The van der Waals surface area contributed by atoms with E-state index in [0.29, 0.717) is 42.4 Å². The number of methoxy groups -OCH3 is 2. The van der Waals surface area contributed by atoms with Gasteiger partial charge in [-0.1, -0.05) is 23.4 Å². The minimum atomic E-state index is -0.432. The molecular weight excluding hydrogens is 386 g/mol. The normalized spacial score (nSPS) is 13.6. The van der Waals surface area contributed by atoms with E-state index in [1.54, 1.807) is 36.3 Å². The predicted octanol–water partition coefficient (Wildman–Crippen LogP) is 2.70. The van der Waals surface area contributed by atoms with Crippen molar-refractivity contribution in [3.05, 3.63) is 76.9 Å². The van der Waals surface area contributed by atoms with Crippen LogP contribution in [0.3, 0.4) is 0 Å². The van der Waals surface area contributed by atoms with Crippen LogP contribution in [0.15, 0.2) is 53.1 Å². The van der Waals surface area contributed by atoms with Gasteiger partial charge in [0.15, 0.2) is 5.82 Å². The standard InChI is InChI=1S/C22H21N3O5/c1-28-18-6-4-3-5-16(18)11-19-23-20(30-24-19)17-12-25(13-17)21(26)14-7-9-15(10-8-14)22(27)29-2/h3-10,17H,11-13H2,1-2H3. The first-order chi connectivity index (χ1) is 14.6. The van der Waals surface area contributed by atoms with E-state index >= 15 is 0 Å². The van der Waals surface area contributed by atoms with Crippen molar-refractivity contribution in [1.82, 2.24) is 15.0 Å². The van der Waals surface area contributed by atoms with Crippen LogP contribution in [0.2, 0.25) is 0 Å². The number of esters is 1. The molecule has 2 aromatic carbocycles. The molecule has 0 atom stereocenters. The number of likely N-dealkylation sites (tertiary alicyclic amines) is 1. The van der Waals surface area contributed by atoms with E-state index in [0.717, 1.165) is 11.3 Å². The Morgan fingerprint density at radius 3 is 2.47 bits per heavy atom. The zero-order chi connectivity index (χ0) is 21.1. The van der Waals surface area contributed by atoms with E-state index in [2.05, 4.69) is 14.9 Å². The van der Waals surface area contributed by atoms with Crippen LogP contribution in [0.4, 0.5) is 0 Å². The van der Waals surface area contributed by atoms with Crippen molar-refractivity contribution < 1.29 is 23.6 Å². The Labute approximate surface area is 173 Å². The molecule has 154 valence electrons. The van der Waals surface area contributed by atoms with E-state index < -0.39 is 5.97 Å². The summed E-state index contributed by atoms with van der Waals surface area (Å²) in [5, 5.41) is 4.06. The Balaban J connectivity index is 1.35. The zero-order valence-electron chi connectivity index (χ0n) is 16.7. The number of ether oxygens (including phenoxy) is 2. The SMILES string of the molecule is COC(=O)c1ccc(C(=O)N2CC(c3nc(Cc4ccccc4OC)no3)C2)cc1. The van der Waals surface area contributed by atoms with Crippen LogP contribution in [-0.2, 0) is 11.2 Å². The summed E-state index contributed by atoms with van der Waals surface area (Å²) in [6.45, 7) is 1.02. The highest BCUT2D eigenvalue weighted by Crippen LogP contribution is 2.28. The molecule has 0 bridgehead atoms. The Kier molecular flexibility index (Phi) is 5.47. The minimum Gasteiger partial charge on any atom is -0.496 e. The summed E-state index contributed by atoms with van der Waals surface area (Å²) in [5.74, 6) is 1.38. The lowest BCUT2D eigenvalue weighted by molar-refractivity contribution is 0.0564. The Bertz CT molecular complexity index is 1050. The van der Waals surface area contributed by atoms with Crippen molar-refractivity contribution in [1.29, 1.82) is 0 Å². The van der Waals surface area contributed by atoms with Gasteiger partial charge in [0.25, 0.3) is 5.91 Å². The van der Waals surface area contributed by atoms with Crippen molar-refractivity contribution in [3.63, 3.8) is 0 Å². The van der Waals surface area contributed by atoms with Crippen molar-refractivity contribution in [2.45, 2.75) is 12.3 Å². The van der Waals surface area contributed by atoms with Crippen LogP contribution in [0.5, 0.6) is 5.75 Å². The minimum absolute atomic E-state index is 0.0159. The van der Waals surface area contributed by atoms with Gasteiger partial charge in [-0.05, 0) is 30.3 Å². The highest BCUT2D eigenvalue weighted by Gasteiger charge is 2.36. The van der Waals surface area contributed by atoms with Crippen molar-refractivity contribution in [2.75, 3.05) is 27.3 Å². The maximum Gasteiger partial charge on any atom is 0.337 e. The Morgan fingerprint density at radius 2 is 1.77 bits per heavy atom. The Morgan fingerprint density at radius 1 is 1.07 bits per heavy atom. The smallest absolute Gasteiger partial charge is 0.337 e. The number of carbonyl (C=O) groups is 2. The fraction of sp³-hybridized carbons (Fsp3) is 0.273. The van der Waals surface area contributed by atoms with Crippen molar-refractivity contribution >= 4 is 11.9 Å². The van der Waals surface area contributed by atoms with Gasteiger partial charge in [0.2, 0.25) is 5.89 Å². The molecule has 0 radical (unpaired) electrons. The molecule has 1 aliphatic heterocycles. The van der Waals surface area contributed by atoms with Gasteiger partial charge in [-0.3, -0.25) is 4.79 Å². The van der Waals surface area contributed by atoms with E-state index in [1.807, 2.05) is 24.3 Å². The summed E-state index contributed by atoms with van der Waals surface area (Å²) < 4.78 is 15.4. The summed E-state index contributed by atoms with van der Waals surface area (Å²) >= 11 is 0. The van der Waals surface area contributed by atoms with Gasteiger partial charge in [-0.2, -0.15) is 4.98 Å². The van der Waals surface area contributed by atoms with E-state index in [4.69, 9.17) is 9.26 Å². The molecule has 0 spiro atoms. The van der Waals surface area contributed by atoms with Crippen LogP contribution < -0.4 is 4.74 Å². The fourth-order valence-corrected chi connectivity index (χ4v) is 3.37. The van der Waals surface area contributed by atoms with Crippen molar-refractivity contribution in [3.8, 4) is 5.75 Å². The van der Waals surface area contributed by atoms with Gasteiger partial charge in [-0.15, -0.1) is 0 Å². The van der Waals surface area contributed by atoms with Crippen LogP contribution in [-0.4, -0.2) is 54.2 Å². The van der Waals surface area contributed by atoms with Crippen molar-refractivity contribution in [2.24, 2.45) is 0 Å². The van der Waals surface area contributed by atoms with Crippen LogP contribution >= 0.6 is 0 Å². The number of rotatable bonds is 6. The molecular formula is C22H21N3O5. The molecule has 0 aliphatic carbocycles. The highest BCUT2D eigenvalue weighted by molar-refractivity contribution is 5.96. The molecule has 4 rings (SSSR count). The van der Waals surface area contributed by atoms with E-state index in [9.17, 15) is 9.59 Å². The average Bonchev–Trinajstić information content (AvgIpc) is 3.20. The van der Waals surface area contributed by atoms with E-state index in [1.165, 1.54) is 7.11 Å². The highest BCUT2D eigenvalue weighted by atomic mass is 16.5. The second kappa shape index (κ2) is 8.36. The monoisotopic (exact) mass is 407 g/mol. The third-order valence-corrected chi connectivity index (χ3v) is 5.10. The van der Waals surface area contributed by atoms with Gasteiger partial charge in [0, 0.05) is 30.6 Å². The summed E-state index contributed by atoms with van der Waals surface area (Å²) in [4.78, 5) is 30.3. The summed E-state index contributed by atoms with van der Waals surface area (Å²) in [6.07, 6.45) is 0.509. The predicted molar refractivity (Wildman–Crippen MR) is 107 cm³/mol. The summed E-state index contributed by atoms with van der Waals surface area (Å²) in [6, 6.07) is 14.1. The number of hydrogen-bond acceptors (Lipinski definition) is 7. The maximum absolute atomic E-state index is 12.6. The van der Waals surface area contributed by atoms with Crippen LogP contribution in [0.25, 0.3) is 0 Å². The van der Waals surface area contributed by atoms with Gasteiger partial charge < -0.3 is 18.9 Å². The molecule has 0 N–H and O–H groups in total. The largest absolute Gasteiger partial charge is 0.496 e. The number of carbonyl (C=O) groups excluding carboxylic acids is 2. The first kappa shape index (κ1) is 19.6. The second-order valence-electron chi connectivity index (χ2n) is 7.01. The number of nitrogens with zero attached hydrogens (tertiary/aromatic N) is 3. The molecule has 1 amide bonds. The molecule has 1 aromatic heterocycles. The fourth-order valence-electron chi connectivity index (χ4n) is 3.37. The zero-order valence-corrected chi connectivity index (χ0v) is 16.7. The molecule has 3 aromatic rings. The van der Waals surface area contributed by atoms with Crippen LogP contribution in [0, 0.1) is 0 Å². The lowest BCUT2D eigenvalue weighted by Crippen LogP contribution is -2.48. The number of benzene rings is 2. The molecule has 0 unspecified atom stereocenters. The molecule has 30 heavy (non-hydrogen) atoms. The lowest BCUT2D eigenvalue weighted by atomic mass is 9.98. The quantitative estimate of drug-likeness (QED) is 0.580. The molecule has 1 fully saturated rings. The third-order valence-electron chi connectivity index (χ3n) is 5.10. The van der Waals surface area contributed by atoms with E-state index in [-0.39, 0.29) is 11.8 Å². The topological polar surface area (TPSA) is 94.8 Å². The maximum atomic E-state index is 12.6. The number of amides is 1. The molecule has 1 aliphatic rings. The first-order valence-electron chi connectivity index (χ1n) is 9.51. The number of hydrogen-bond donors (Lipinski definition) is 0. The molecule has 8 heteroatoms. The average molecular weight is 407 g/mol. The first-order valence-corrected chi connectivity index (χ1v) is 9.51. The number of aromatic nitrogens is 2. The molecule has 1 saturated heterocycles. The summed E-state index contributed by atoms with van der Waals surface area (Å²) in [5.41, 5.74) is 1.90. The van der Waals surface area contributed by atoms with Gasteiger partial charge >= 0.3 is 5.97 Å². The third kappa shape index (κ3) is 3.89. The van der Waals surface area contributed by atoms with Gasteiger partial charge in [0.1, 0.15) is 5.75 Å². The van der Waals surface area contributed by atoms with Gasteiger partial charge in [0.05, 0.1) is 25.7 Å².